The van der Waals surface area contributed by atoms with Gasteiger partial charge in [-0.15, -0.1) is 71.8 Å². The van der Waals surface area contributed by atoms with Crippen LogP contribution in [0.15, 0.2) is 84.9 Å². The van der Waals surface area contributed by atoms with Gasteiger partial charge in [0, 0.05) is 32.3 Å². The van der Waals surface area contributed by atoms with E-state index >= 15 is 0 Å². The first-order valence-corrected chi connectivity index (χ1v) is 11.7. The van der Waals surface area contributed by atoms with E-state index in [9.17, 15) is 0 Å². The fraction of sp³-hybridized carbons (Fsp3) is 0.161. The van der Waals surface area contributed by atoms with Crippen molar-refractivity contribution < 1.29 is 20.1 Å². The maximum absolute atomic E-state index is 4.89. The van der Waals surface area contributed by atoms with Crippen LogP contribution < -0.4 is 0 Å². The van der Waals surface area contributed by atoms with Gasteiger partial charge in [0.15, 0.2) is 0 Å². The number of allylic oxidation sites excluding steroid dienone is 1. The van der Waals surface area contributed by atoms with E-state index in [1.54, 1.807) is 0 Å². The number of hydrogen-bond donors (Lipinski definition) is 0. The Morgan fingerprint density at radius 1 is 0.857 bits per heavy atom. The molecule has 3 heterocycles. The molecule has 3 nitrogen and oxygen atoms in total. The fourth-order valence-electron chi connectivity index (χ4n) is 4.23. The summed E-state index contributed by atoms with van der Waals surface area (Å²) in [6, 6.07) is 32.9. The number of aromatic nitrogens is 3. The van der Waals surface area contributed by atoms with Crippen LogP contribution in [0.5, 0.6) is 0 Å². The van der Waals surface area contributed by atoms with Crippen molar-refractivity contribution in [2.24, 2.45) is 0 Å². The maximum Gasteiger partial charge on any atom is 0.0779 e. The van der Waals surface area contributed by atoms with Crippen molar-refractivity contribution in [1.82, 2.24) is 14.5 Å². The van der Waals surface area contributed by atoms with Gasteiger partial charge in [0.25, 0.3) is 0 Å². The molecular formula is C31H27IrN3-2. The summed E-state index contributed by atoms with van der Waals surface area (Å²) < 4.78 is 2.29. The maximum atomic E-state index is 4.89. The monoisotopic (exact) mass is 634 g/mol. The molecule has 35 heavy (non-hydrogen) atoms. The number of benzene rings is 3. The Morgan fingerprint density at radius 2 is 1.60 bits per heavy atom. The Kier molecular flexibility index (Phi) is 7.75. The van der Waals surface area contributed by atoms with E-state index in [1.807, 2.05) is 67.6 Å². The van der Waals surface area contributed by atoms with Crippen LogP contribution in [0.1, 0.15) is 36.6 Å². The second-order valence-electron chi connectivity index (χ2n) is 8.80. The summed E-state index contributed by atoms with van der Waals surface area (Å²) in [5.41, 5.74) is 9.08. The second kappa shape index (κ2) is 10.9. The predicted octanol–water partition coefficient (Wildman–Crippen LogP) is 7.51. The average molecular weight is 634 g/mol. The van der Waals surface area contributed by atoms with Crippen LogP contribution in [0.4, 0.5) is 0 Å². The van der Waals surface area contributed by atoms with Crippen molar-refractivity contribution >= 4 is 17.1 Å². The van der Waals surface area contributed by atoms with Crippen LogP contribution in [0.2, 0.25) is 0 Å². The van der Waals surface area contributed by atoms with Crippen LogP contribution in [-0.4, -0.2) is 14.5 Å². The normalized spacial score (nSPS) is 11.7. The number of pyridine rings is 1. The third kappa shape index (κ3) is 5.35. The van der Waals surface area contributed by atoms with E-state index in [0.717, 1.165) is 40.4 Å². The minimum atomic E-state index is 0. The van der Waals surface area contributed by atoms with E-state index in [2.05, 4.69) is 65.9 Å². The molecule has 0 spiro atoms. The summed E-state index contributed by atoms with van der Waals surface area (Å²) in [6.07, 6.45) is 4.42. The Labute approximate surface area is 220 Å². The minimum absolute atomic E-state index is 0. The van der Waals surface area contributed by atoms with Gasteiger partial charge in [0.05, 0.1) is 16.9 Å². The molecule has 0 aliphatic carbocycles. The molecule has 2 aromatic heterocycles. The standard InChI is InChI=1S/C19H17N2.C12H10N.Ir/c1-13(2)16-11-15-9-6-10-21-18(15)17(12-16)20-19(21)14-7-4-3-5-8-14;1-10-6-5-9-12(13-10)11-7-3-2-4-8-11;/h3-7,9,11-13H,10H2,1-2H3;2-7,9H,1H3;/q2*-1;. The zero-order chi connectivity index (χ0) is 23.5. The Morgan fingerprint density at radius 3 is 2.26 bits per heavy atom. The first kappa shape index (κ1) is 24.8. The molecule has 5 aromatic rings. The number of imidazole rings is 1. The van der Waals surface area contributed by atoms with Gasteiger partial charge in [-0.1, -0.05) is 38.1 Å². The van der Waals surface area contributed by atoms with E-state index in [0.29, 0.717) is 5.92 Å². The first-order chi connectivity index (χ1) is 16.6. The summed E-state index contributed by atoms with van der Waals surface area (Å²) in [6.45, 7) is 7.32. The van der Waals surface area contributed by atoms with Crippen molar-refractivity contribution in [2.45, 2.75) is 33.2 Å². The second-order valence-corrected chi connectivity index (χ2v) is 8.80. The Balaban J connectivity index is 0.000000179. The molecule has 3 aromatic carbocycles. The van der Waals surface area contributed by atoms with E-state index in [4.69, 9.17) is 4.98 Å². The SMILES string of the molecule is CC(C)c1cc2c3c(c1)nc(-c1[c-]cccc1)n3CC=C2.Cc1cccc(-c2[c-]cccc2)n1.[Ir]. The molecule has 0 N–H and O–H groups in total. The van der Waals surface area contributed by atoms with Crippen LogP contribution in [0.3, 0.4) is 0 Å². The van der Waals surface area contributed by atoms with Crippen LogP contribution in [0, 0.1) is 19.1 Å². The Bertz CT molecular complexity index is 1450. The van der Waals surface area contributed by atoms with E-state index < -0.39 is 0 Å². The molecule has 1 aliphatic rings. The molecule has 0 fully saturated rings. The molecule has 0 unspecified atom stereocenters. The molecule has 0 amide bonds. The number of nitrogens with zero attached hydrogens (tertiary/aromatic N) is 3. The van der Waals surface area contributed by atoms with Gasteiger partial charge in [-0.2, -0.15) is 0 Å². The molecule has 0 saturated carbocycles. The van der Waals surface area contributed by atoms with Gasteiger partial charge >= 0.3 is 0 Å². The molecule has 0 bridgehead atoms. The van der Waals surface area contributed by atoms with Gasteiger partial charge in [0.2, 0.25) is 0 Å². The number of aryl methyl sites for hydroxylation is 1. The topological polar surface area (TPSA) is 30.7 Å². The zero-order valence-corrected chi connectivity index (χ0v) is 22.5. The third-order valence-corrected chi connectivity index (χ3v) is 5.97. The predicted molar refractivity (Wildman–Crippen MR) is 140 cm³/mol. The number of hydrogen-bond acceptors (Lipinski definition) is 2. The molecule has 4 heteroatoms. The largest absolute Gasteiger partial charge is 0.360 e. The first-order valence-electron chi connectivity index (χ1n) is 11.7. The smallest absolute Gasteiger partial charge is 0.0779 e. The molecule has 0 saturated heterocycles. The third-order valence-electron chi connectivity index (χ3n) is 5.97. The van der Waals surface area contributed by atoms with Crippen LogP contribution in [-0.2, 0) is 26.7 Å². The van der Waals surface area contributed by atoms with Gasteiger partial charge in [-0.05, 0) is 47.9 Å². The van der Waals surface area contributed by atoms with E-state index in [1.165, 1.54) is 16.6 Å². The van der Waals surface area contributed by atoms with E-state index in [-0.39, 0.29) is 20.1 Å². The summed E-state index contributed by atoms with van der Waals surface area (Å²) >= 11 is 0. The molecular weight excluding hydrogens is 607 g/mol. The summed E-state index contributed by atoms with van der Waals surface area (Å²) in [5.74, 6) is 1.52. The van der Waals surface area contributed by atoms with Crippen molar-refractivity contribution in [1.29, 1.82) is 0 Å². The summed E-state index contributed by atoms with van der Waals surface area (Å²) in [4.78, 5) is 9.30. The molecule has 177 valence electrons. The van der Waals surface area contributed by atoms with Gasteiger partial charge < -0.3 is 9.55 Å². The van der Waals surface area contributed by atoms with Crippen LogP contribution >= 0.6 is 0 Å². The molecule has 0 atom stereocenters. The molecule has 6 rings (SSSR count). The Hall–Kier alpha value is -3.33. The number of rotatable bonds is 3. The van der Waals surface area contributed by atoms with Gasteiger partial charge in [-0.25, -0.2) is 0 Å². The van der Waals surface area contributed by atoms with Crippen molar-refractivity contribution in [3.63, 3.8) is 0 Å². The van der Waals surface area contributed by atoms with Gasteiger partial charge in [-0.3, -0.25) is 4.98 Å². The van der Waals surface area contributed by atoms with Crippen molar-refractivity contribution in [2.75, 3.05) is 0 Å². The molecule has 1 radical (unpaired) electrons. The van der Waals surface area contributed by atoms with Crippen molar-refractivity contribution in [3.05, 3.63) is 114 Å². The quantitative estimate of drug-likeness (QED) is 0.193. The minimum Gasteiger partial charge on any atom is -0.360 e. The average Bonchev–Trinajstić information content (AvgIpc) is 3.25. The summed E-state index contributed by atoms with van der Waals surface area (Å²) in [7, 11) is 0. The van der Waals surface area contributed by atoms with Crippen LogP contribution in [0.25, 0.3) is 39.8 Å². The zero-order valence-electron chi connectivity index (χ0n) is 20.1. The van der Waals surface area contributed by atoms with Gasteiger partial charge in [0.1, 0.15) is 0 Å². The molecule has 1 aliphatic heterocycles. The van der Waals surface area contributed by atoms with Crippen molar-refractivity contribution in [3.8, 4) is 22.6 Å². The summed E-state index contributed by atoms with van der Waals surface area (Å²) in [5, 5.41) is 0. The fourth-order valence-corrected chi connectivity index (χ4v) is 4.23.